The Morgan fingerprint density at radius 1 is 0.950 bits per heavy atom. The largest absolute Gasteiger partial charge is 0.453 e. The minimum absolute atomic E-state index is 0.109. The molecule has 98 valence electrons. The summed E-state index contributed by atoms with van der Waals surface area (Å²) in [6.07, 6.45) is 0.224. The summed E-state index contributed by atoms with van der Waals surface area (Å²) >= 11 is 0. The summed E-state index contributed by atoms with van der Waals surface area (Å²) in [5.74, 6) is -0.0865. The highest BCUT2D eigenvalue weighted by molar-refractivity contribution is 5.96. The van der Waals surface area contributed by atoms with Crippen molar-refractivity contribution in [2.75, 3.05) is 0 Å². The third-order valence-electron chi connectivity index (χ3n) is 3.12. The van der Waals surface area contributed by atoms with Gasteiger partial charge in [-0.1, -0.05) is 42.5 Å². The lowest BCUT2D eigenvalue weighted by Gasteiger charge is -2.02. The van der Waals surface area contributed by atoms with Crippen molar-refractivity contribution < 1.29 is 9.21 Å². The van der Waals surface area contributed by atoms with Gasteiger partial charge in [0.05, 0.1) is 5.39 Å². The molecule has 0 aliphatic carbocycles. The second-order valence-corrected chi connectivity index (χ2v) is 4.56. The van der Waals surface area contributed by atoms with Gasteiger partial charge < -0.3 is 4.42 Å². The second-order valence-electron chi connectivity index (χ2n) is 4.56. The van der Waals surface area contributed by atoms with Gasteiger partial charge in [0.15, 0.2) is 11.2 Å². The highest BCUT2D eigenvalue weighted by Crippen LogP contribution is 2.13. The summed E-state index contributed by atoms with van der Waals surface area (Å²) in [5, 5.41) is 0.490. The van der Waals surface area contributed by atoms with Crippen LogP contribution in [0, 0.1) is 0 Å². The van der Waals surface area contributed by atoms with Gasteiger partial charge in [-0.15, -0.1) is 0 Å². The normalized spacial score (nSPS) is 10.6. The first-order valence-electron chi connectivity index (χ1n) is 6.34. The Hall–Kier alpha value is -2.68. The van der Waals surface area contributed by atoms with Crippen LogP contribution in [-0.2, 0) is 6.42 Å². The van der Waals surface area contributed by atoms with E-state index >= 15 is 0 Å². The van der Waals surface area contributed by atoms with E-state index in [9.17, 15) is 9.59 Å². The topological polar surface area (TPSA) is 47.3 Å². The first-order valence-corrected chi connectivity index (χ1v) is 6.34. The van der Waals surface area contributed by atoms with Crippen LogP contribution in [-0.4, -0.2) is 5.78 Å². The van der Waals surface area contributed by atoms with E-state index in [-0.39, 0.29) is 23.4 Å². The number of para-hydroxylation sites is 1. The molecule has 0 fully saturated rings. The minimum atomic E-state index is -0.195. The van der Waals surface area contributed by atoms with Crippen LogP contribution >= 0.6 is 0 Å². The van der Waals surface area contributed by atoms with Crippen LogP contribution in [0.3, 0.4) is 0 Å². The van der Waals surface area contributed by atoms with Crippen molar-refractivity contribution in [3.63, 3.8) is 0 Å². The zero-order valence-corrected chi connectivity index (χ0v) is 10.7. The molecule has 0 aliphatic rings. The SMILES string of the molecule is O=C(Cc1ccccc1)c1cc(=O)c2ccccc2o1. The molecule has 3 nitrogen and oxygen atoms in total. The first kappa shape index (κ1) is 12.4. The van der Waals surface area contributed by atoms with Gasteiger partial charge in [-0.25, -0.2) is 0 Å². The van der Waals surface area contributed by atoms with Crippen LogP contribution in [0.4, 0.5) is 0 Å². The summed E-state index contributed by atoms with van der Waals surface area (Å²) < 4.78 is 5.53. The molecule has 0 spiro atoms. The molecule has 0 radical (unpaired) electrons. The predicted molar refractivity (Wildman–Crippen MR) is 77.0 cm³/mol. The minimum Gasteiger partial charge on any atom is -0.453 e. The fraction of sp³-hybridized carbons (Fsp3) is 0.0588. The number of carbonyl (C=O) groups excluding carboxylic acids is 1. The predicted octanol–water partition coefficient (Wildman–Crippen LogP) is 3.22. The van der Waals surface area contributed by atoms with Gasteiger partial charge in [0.2, 0.25) is 5.78 Å². The molecule has 2 aromatic carbocycles. The number of ketones is 1. The molecule has 3 heteroatoms. The highest BCUT2D eigenvalue weighted by Gasteiger charge is 2.12. The van der Waals surface area contributed by atoms with Gasteiger partial charge in [0, 0.05) is 12.5 Å². The molecule has 1 heterocycles. The summed E-state index contributed by atoms with van der Waals surface area (Å²) in [5.41, 5.74) is 1.15. The average molecular weight is 264 g/mol. The molecule has 0 amide bonds. The van der Waals surface area contributed by atoms with Gasteiger partial charge >= 0.3 is 0 Å². The lowest BCUT2D eigenvalue weighted by Crippen LogP contribution is -2.09. The van der Waals surface area contributed by atoms with E-state index in [1.54, 1.807) is 24.3 Å². The number of benzene rings is 2. The third kappa shape index (κ3) is 2.38. The summed E-state index contributed by atoms with van der Waals surface area (Å²) in [7, 11) is 0. The molecule has 1 aromatic heterocycles. The Kier molecular flexibility index (Phi) is 3.17. The molecular formula is C17H12O3. The van der Waals surface area contributed by atoms with Crippen LogP contribution < -0.4 is 5.43 Å². The fourth-order valence-electron chi connectivity index (χ4n) is 2.11. The zero-order valence-electron chi connectivity index (χ0n) is 10.7. The molecule has 0 saturated carbocycles. The van der Waals surface area contributed by atoms with Crippen molar-refractivity contribution in [1.82, 2.24) is 0 Å². The number of Topliss-reactive ketones (excluding diaryl/α,β-unsaturated/α-hetero) is 1. The van der Waals surface area contributed by atoms with Gasteiger partial charge in [0.1, 0.15) is 5.58 Å². The van der Waals surface area contributed by atoms with Gasteiger partial charge in [-0.3, -0.25) is 9.59 Å². The van der Waals surface area contributed by atoms with Gasteiger partial charge in [-0.2, -0.15) is 0 Å². The summed E-state index contributed by atoms with van der Waals surface area (Å²) in [6.45, 7) is 0. The lowest BCUT2D eigenvalue weighted by molar-refractivity contribution is 0.0967. The van der Waals surface area contributed by atoms with Crippen LogP contribution in [0.25, 0.3) is 11.0 Å². The van der Waals surface area contributed by atoms with Crippen molar-refractivity contribution in [3.05, 3.63) is 82.2 Å². The molecule has 0 saturated heterocycles. The van der Waals surface area contributed by atoms with E-state index < -0.39 is 0 Å². The van der Waals surface area contributed by atoms with Gasteiger partial charge in [0.25, 0.3) is 0 Å². The number of fused-ring (bicyclic) bond motifs is 1. The number of carbonyl (C=O) groups is 1. The Labute approximate surface area is 115 Å². The van der Waals surface area contributed by atoms with Crippen LogP contribution in [0.1, 0.15) is 16.1 Å². The van der Waals surface area contributed by atoms with E-state index in [4.69, 9.17) is 4.42 Å². The molecule has 20 heavy (non-hydrogen) atoms. The van der Waals surface area contributed by atoms with Crippen LogP contribution in [0.2, 0.25) is 0 Å². The molecule has 0 unspecified atom stereocenters. The smallest absolute Gasteiger partial charge is 0.202 e. The van der Waals surface area contributed by atoms with Gasteiger partial charge in [-0.05, 0) is 17.7 Å². The van der Waals surface area contributed by atoms with E-state index in [0.29, 0.717) is 11.0 Å². The molecule has 3 aromatic rings. The Balaban J connectivity index is 1.98. The monoisotopic (exact) mass is 264 g/mol. The molecule has 0 bridgehead atoms. The maximum absolute atomic E-state index is 12.2. The van der Waals surface area contributed by atoms with Crippen molar-refractivity contribution in [1.29, 1.82) is 0 Å². The van der Waals surface area contributed by atoms with Crippen LogP contribution in [0.5, 0.6) is 0 Å². The molecule has 0 N–H and O–H groups in total. The summed E-state index contributed by atoms with van der Waals surface area (Å²) in [6, 6.07) is 17.6. The molecule has 0 aliphatic heterocycles. The number of hydrogen-bond acceptors (Lipinski definition) is 3. The first-order chi connectivity index (χ1) is 9.74. The van der Waals surface area contributed by atoms with E-state index in [0.717, 1.165) is 5.56 Å². The van der Waals surface area contributed by atoms with Crippen molar-refractivity contribution in [2.45, 2.75) is 6.42 Å². The maximum atomic E-state index is 12.2. The zero-order chi connectivity index (χ0) is 13.9. The lowest BCUT2D eigenvalue weighted by atomic mass is 10.1. The Morgan fingerprint density at radius 3 is 2.45 bits per heavy atom. The molecule has 3 rings (SSSR count). The fourth-order valence-corrected chi connectivity index (χ4v) is 2.11. The van der Waals surface area contributed by atoms with E-state index in [1.807, 2.05) is 30.3 Å². The molecule has 0 atom stereocenters. The van der Waals surface area contributed by atoms with Crippen LogP contribution in [0.15, 0.2) is 69.9 Å². The average Bonchev–Trinajstić information content (AvgIpc) is 2.48. The quantitative estimate of drug-likeness (QED) is 0.682. The number of rotatable bonds is 3. The van der Waals surface area contributed by atoms with Crippen molar-refractivity contribution in [2.24, 2.45) is 0 Å². The Morgan fingerprint density at radius 2 is 1.65 bits per heavy atom. The van der Waals surface area contributed by atoms with Crippen molar-refractivity contribution >= 4 is 16.8 Å². The summed E-state index contributed by atoms with van der Waals surface area (Å²) in [4.78, 5) is 24.1. The van der Waals surface area contributed by atoms with E-state index in [1.165, 1.54) is 6.07 Å². The van der Waals surface area contributed by atoms with Crippen molar-refractivity contribution in [3.8, 4) is 0 Å². The highest BCUT2D eigenvalue weighted by atomic mass is 16.3. The third-order valence-corrected chi connectivity index (χ3v) is 3.12. The standard InChI is InChI=1S/C17H12O3/c18-14-11-17(20-16-9-5-4-8-13(14)16)15(19)10-12-6-2-1-3-7-12/h1-9,11H,10H2. The second kappa shape index (κ2) is 5.13. The number of hydrogen-bond donors (Lipinski definition) is 0. The molecular weight excluding hydrogens is 252 g/mol. The Bertz CT molecular complexity index is 816. The van der Waals surface area contributed by atoms with E-state index in [2.05, 4.69) is 0 Å². The maximum Gasteiger partial charge on any atom is 0.202 e.